The van der Waals surface area contributed by atoms with E-state index in [1.807, 2.05) is 17.2 Å². The summed E-state index contributed by atoms with van der Waals surface area (Å²) in [6.07, 6.45) is 5.16. The number of nitrogens with two attached hydrogens (primary N) is 1. The second kappa shape index (κ2) is 8.20. The first-order chi connectivity index (χ1) is 15.0. The predicted octanol–water partition coefficient (Wildman–Crippen LogP) is 1.64. The van der Waals surface area contributed by atoms with Gasteiger partial charge in [-0.3, -0.25) is 4.79 Å². The van der Waals surface area contributed by atoms with Crippen molar-refractivity contribution in [2.45, 2.75) is 25.0 Å². The highest BCUT2D eigenvalue weighted by Gasteiger charge is 2.32. The van der Waals surface area contributed by atoms with Crippen molar-refractivity contribution in [2.24, 2.45) is 11.7 Å². The SMILES string of the molecule is N[C@@H]1CN(c2nc(-c3ccc(Cl)cc3NC(=O)C3CC3)ncc2C2=CCNC2)C[C@H]1O. The Hall–Kier alpha value is -2.52. The van der Waals surface area contributed by atoms with Crippen LogP contribution in [0.1, 0.15) is 18.4 Å². The van der Waals surface area contributed by atoms with Crippen molar-refractivity contribution in [1.29, 1.82) is 0 Å². The average molecular weight is 441 g/mol. The molecule has 1 amide bonds. The van der Waals surface area contributed by atoms with E-state index in [9.17, 15) is 9.90 Å². The van der Waals surface area contributed by atoms with Gasteiger partial charge in [0, 0.05) is 60.5 Å². The number of amides is 1. The van der Waals surface area contributed by atoms with Gasteiger partial charge in [0.1, 0.15) is 5.82 Å². The van der Waals surface area contributed by atoms with Gasteiger partial charge in [0.2, 0.25) is 5.91 Å². The van der Waals surface area contributed by atoms with E-state index in [4.69, 9.17) is 22.3 Å². The molecule has 8 nitrogen and oxygen atoms in total. The predicted molar refractivity (Wildman–Crippen MR) is 121 cm³/mol. The molecule has 1 aromatic carbocycles. The fourth-order valence-electron chi connectivity index (χ4n) is 4.03. The maximum atomic E-state index is 12.4. The van der Waals surface area contributed by atoms with E-state index in [0.29, 0.717) is 35.2 Å². The monoisotopic (exact) mass is 440 g/mol. The van der Waals surface area contributed by atoms with E-state index in [1.165, 1.54) is 0 Å². The molecule has 1 saturated carbocycles. The molecule has 1 aliphatic carbocycles. The molecule has 0 spiro atoms. The van der Waals surface area contributed by atoms with Crippen LogP contribution in [0.15, 0.2) is 30.5 Å². The van der Waals surface area contributed by atoms with Crippen LogP contribution in [-0.4, -0.2) is 59.3 Å². The molecule has 1 aromatic heterocycles. The van der Waals surface area contributed by atoms with Crippen molar-refractivity contribution in [3.05, 3.63) is 41.1 Å². The lowest BCUT2D eigenvalue weighted by atomic mass is 10.1. The first kappa shape index (κ1) is 20.4. The number of carbonyl (C=O) groups is 1. The second-order valence-corrected chi connectivity index (χ2v) is 8.82. The van der Waals surface area contributed by atoms with Gasteiger partial charge in [-0.05, 0) is 36.6 Å². The van der Waals surface area contributed by atoms with Gasteiger partial charge < -0.3 is 26.4 Å². The molecule has 9 heteroatoms. The summed E-state index contributed by atoms with van der Waals surface area (Å²) in [4.78, 5) is 23.9. The van der Waals surface area contributed by atoms with E-state index >= 15 is 0 Å². The number of aliphatic hydroxyl groups excluding tert-OH is 1. The van der Waals surface area contributed by atoms with Crippen molar-refractivity contribution >= 4 is 34.6 Å². The quantitative estimate of drug-likeness (QED) is 0.558. The second-order valence-electron chi connectivity index (χ2n) is 8.38. The van der Waals surface area contributed by atoms with Crippen molar-refractivity contribution < 1.29 is 9.90 Å². The third kappa shape index (κ3) is 4.16. The van der Waals surface area contributed by atoms with E-state index < -0.39 is 6.10 Å². The van der Waals surface area contributed by atoms with Crippen molar-refractivity contribution in [3.63, 3.8) is 0 Å². The molecule has 2 aliphatic heterocycles. The molecule has 3 heterocycles. The van der Waals surface area contributed by atoms with Gasteiger partial charge in [-0.1, -0.05) is 17.7 Å². The van der Waals surface area contributed by atoms with Crippen molar-refractivity contribution in [1.82, 2.24) is 15.3 Å². The first-order valence-corrected chi connectivity index (χ1v) is 10.9. The molecule has 0 bridgehead atoms. The minimum Gasteiger partial charge on any atom is -0.390 e. The van der Waals surface area contributed by atoms with Crippen LogP contribution in [0.3, 0.4) is 0 Å². The fraction of sp³-hybridized carbons (Fsp3) is 0.409. The van der Waals surface area contributed by atoms with Gasteiger partial charge in [-0.25, -0.2) is 9.97 Å². The normalized spacial score (nSPS) is 23.2. The van der Waals surface area contributed by atoms with Gasteiger partial charge in [0.25, 0.3) is 0 Å². The Morgan fingerprint density at radius 1 is 1.29 bits per heavy atom. The molecule has 5 N–H and O–H groups in total. The third-order valence-electron chi connectivity index (χ3n) is 5.98. The molecular formula is C22H25ClN6O2. The summed E-state index contributed by atoms with van der Waals surface area (Å²) in [5.41, 5.74) is 9.41. The highest BCUT2D eigenvalue weighted by atomic mass is 35.5. The molecule has 2 atom stereocenters. The first-order valence-electron chi connectivity index (χ1n) is 10.6. The lowest BCUT2D eigenvalue weighted by molar-refractivity contribution is -0.117. The summed E-state index contributed by atoms with van der Waals surface area (Å²) < 4.78 is 0. The highest BCUT2D eigenvalue weighted by molar-refractivity contribution is 6.31. The van der Waals surface area contributed by atoms with Crippen LogP contribution in [0.5, 0.6) is 0 Å². The number of hydrogen-bond acceptors (Lipinski definition) is 7. The molecule has 2 fully saturated rings. The summed E-state index contributed by atoms with van der Waals surface area (Å²) in [5, 5.41) is 17.0. The zero-order valence-electron chi connectivity index (χ0n) is 17.0. The molecule has 31 heavy (non-hydrogen) atoms. The van der Waals surface area contributed by atoms with Crippen LogP contribution < -0.4 is 21.3 Å². The number of aromatic nitrogens is 2. The Morgan fingerprint density at radius 2 is 2.13 bits per heavy atom. The number of β-amino-alcohol motifs (C(OH)–C–C–N with tert-alkyl or cyclic N) is 1. The summed E-state index contributed by atoms with van der Waals surface area (Å²) >= 11 is 6.20. The molecule has 0 unspecified atom stereocenters. The molecule has 1 saturated heterocycles. The minimum atomic E-state index is -0.606. The van der Waals surface area contributed by atoms with Gasteiger partial charge in [-0.2, -0.15) is 0 Å². The average Bonchev–Trinajstić information content (AvgIpc) is 3.37. The zero-order valence-corrected chi connectivity index (χ0v) is 17.8. The summed E-state index contributed by atoms with van der Waals surface area (Å²) in [6.45, 7) is 2.46. The number of nitrogens with zero attached hydrogens (tertiary/aromatic N) is 3. The van der Waals surface area contributed by atoms with Crippen LogP contribution in [-0.2, 0) is 4.79 Å². The topological polar surface area (TPSA) is 116 Å². The van der Waals surface area contributed by atoms with Crippen LogP contribution in [0, 0.1) is 5.92 Å². The van der Waals surface area contributed by atoms with Gasteiger partial charge in [0.15, 0.2) is 5.82 Å². The van der Waals surface area contributed by atoms with E-state index in [0.717, 1.165) is 42.9 Å². The van der Waals surface area contributed by atoms with E-state index in [-0.39, 0.29) is 17.9 Å². The molecule has 5 rings (SSSR count). The molecule has 162 valence electrons. The Morgan fingerprint density at radius 3 is 2.81 bits per heavy atom. The number of carbonyl (C=O) groups excluding carboxylic acids is 1. The lowest BCUT2D eigenvalue weighted by Crippen LogP contribution is -2.32. The Balaban J connectivity index is 1.56. The van der Waals surface area contributed by atoms with Crippen LogP contribution >= 0.6 is 11.6 Å². The highest BCUT2D eigenvalue weighted by Crippen LogP contribution is 2.35. The number of halogens is 1. The van der Waals surface area contributed by atoms with Crippen LogP contribution in [0.2, 0.25) is 5.02 Å². The number of nitrogens with one attached hydrogen (secondary N) is 2. The number of aliphatic hydroxyl groups is 1. The van der Waals surface area contributed by atoms with Crippen LogP contribution in [0.4, 0.5) is 11.5 Å². The largest absolute Gasteiger partial charge is 0.390 e. The summed E-state index contributed by atoms with van der Waals surface area (Å²) in [5.74, 6) is 1.29. The molecular weight excluding hydrogens is 416 g/mol. The van der Waals surface area contributed by atoms with Crippen molar-refractivity contribution in [2.75, 3.05) is 36.4 Å². The van der Waals surface area contributed by atoms with Gasteiger partial charge >= 0.3 is 0 Å². The molecule has 0 radical (unpaired) electrons. The van der Waals surface area contributed by atoms with Gasteiger partial charge in [-0.15, -0.1) is 0 Å². The standard InChI is InChI=1S/C22H25ClN6O2/c23-14-3-4-15(18(7-14)27-22(31)12-1-2-12)20-26-9-16(13-5-6-25-8-13)21(28-20)29-10-17(24)19(30)11-29/h3-5,7,9,12,17,19,25,30H,1-2,6,8,10-11,24H2,(H,27,31)/t17-,19-/m1/s1. The third-order valence-corrected chi connectivity index (χ3v) is 6.22. The Bertz CT molecular complexity index is 1040. The minimum absolute atomic E-state index is 0.00353. The smallest absolute Gasteiger partial charge is 0.227 e. The van der Waals surface area contributed by atoms with E-state index in [1.54, 1.807) is 12.1 Å². The maximum Gasteiger partial charge on any atom is 0.227 e. The van der Waals surface area contributed by atoms with Crippen molar-refractivity contribution in [3.8, 4) is 11.4 Å². The zero-order chi connectivity index (χ0) is 21.5. The Kier molecular flexibility index (Phi) is 5.39. The number of benzene rings is 1. The molecule has 3 aliphatic rings. The maximum absolute atomic E-state index is 12.4. The fourth-order valence-corrected chi connectivity index (χ4v) is 4.20. The summed E-state index contributed by atoms with van der Waals surface area (Å²) in [6, 6.07) is 4.99. The Labute approximate surface area is 185 Å². The number of hydrogen-bond donors (Lipinski definition) is 4. The lowest BCUT2D eigenvalue weighted by Gasteiger charge is -2.22. The van der Waals surface area contributed by atoms with E-state index in [2.05, 4.69) is 21.7 Å². The number of rotatable bonds is 5. The van der Waals surface area contributed by atoms with Crippen LogP contribution in [0.25, 0.3) is 17.0 Å². The number of anilines is 2. The van der Waals surface area contributed by atoms with Gasteiger partial charge in [0.05, 0.1) is 11.8 Å². The molecule has 2 aromatic rings. The summed E-state index contributed by atoms with van der Waals surface area (Å²) in [7, 11) is 0.